The van der Waals surface area contributed by atoms with Crippen LogP contribution >= 0.6 is 11.6 Å². The lowest BCUT2D eigenvalue weighted by Gasteiger charge is -2.25. The second-order valence-electron chi connectivity index (χ2n) is 4.43. The Kier molecular flexibility index (Phi) is 4.65. The number of hydrogen-bond donors (Lipinski definition) is 2. The zero-order valence-electron chi connectivity index (χ0n) is 11.2. The molecule has 0 aliphatic carbocycles. The van der Waals surface area contributed by atoms with Crippen LogP contribution in [-0.4, -0.2) is 25.4 Å². The molecule has 1 aliphatic rings. The van der Waals surface area contributed by atoms with E-state index < -0.39 is 17.9 Å². The predicted molar refractivity (Wildman–Crippen MR) is 75.2 cm³/mol. The maximum atomic E-state index is 13.1. The fraction of sp³-hybridized carbons (Fsp3) is 0.385. The SMILES string of the molecule is CCOc1cc(Cl)cc(N2NC(CN)C=C2C(F)(F)F)c1. The van der Waals surface area contributed by atoms with Crippen LogP contribution in [0, 0.1) is 0 Å². The topological polar surface area (TPSA) is 50.5 Å². The molecule has 3 N–H and O–H groups in total. The number of ether oxygens (including phenoxy) is 1. The minimum absolute atomic E-state index is 0.0506. The summed E-state index contributed by atoms with van der Waals surface area (Å²) < 4.78 is 44.6. The Hall–Kier alpha value is -1.44. The fourth-order valence-corrected chi connectivity index (χ4v) is 2.24. The molecule has 1 aliphatic heterocycles. The standard InChI is InChI=1S/C13H15ClF3N3O/c1-2-21-11-4-8(14)3-10(6-11)20-12(13(15,16)17)5-9(7-18)19-20/h3-6,9,19H,2,7,18H2,1H3. The van der Waals surface area contributed by atoms with Crippen molar-refractivity contribution in [2.24, 2.45) is 5.73 Å². The van der Waals surface area contributed by atoms with Gasteiger partial charge in [0.15, 0.2) is 0 Å². The maximum absolute atomic E-state index is 13.1. The summed E-state index contributed by atoms with van der Waals surface area (Å²) in [5, 5.41) is 1.22. The molecular weight excluding hydrogens is 307 g/mol. The third kappa shape index (κ3) is 3.61. The Morgan fingerprint density at radius 2 is 2.10 bits per heavy atom. The van der Waals surface area contributed by atoms with E-state index in [1.165, 1.54) is 12.1 Å². The van der Waals surface area contributed by atoms with Crippen LogP contribution in [0.3, 0.4) is 0 Å². The molecule has 0 spiro atoms. The maximum Gasteiger partial charge on any atom is 0.432 e. The first-order valence-electron chi connectivity index (χ1n) is 6.34. The minimum Gasteiger partial charge on any atom is -0.494 e. The highest BCUT2D eigenvalue weighted by molar-refractivity contribution is 6.31. The van der Waals surface area contributed by atoms with Gasteiger partial charge in [-0.2, -0.15) is 13.2 Å². The van der Waals surface area contributed by atoms with E-state index >= 15 is 0 Å². The summed E-state index contributed by atoms with van der Waals surface area (Å²) in [6.45, 7) is 2.22. The number of halogens is 4. The van der Waals surface area contributed by atoms with Crippen molar-refractivity contribution in [3.05, 3.63) is 35.0 Å². The number of allylic oxidation sites excluding steroid dienone is 1. The highest BCUT2D eigenvalue weighted by Gasteiger charge is 2.42. The fourth-order valence-electron chi connectivity index (χ4n) is 2.02. The Balaban J connectivity index is 2.38. The molecule has 0 fully saturated rings. The highest BCUT2D eigenvalue weighted by atomic mass is 35.5. The van der Waals surface area contributed by atoms with E-state index in [0.717, 1.165) is 11.1 Å². The van der Waals surface area contributed by atoms with Gasteiger partial charge in [-0.15, -0.1) is 0 Å². The van der Waals surface area contributed by atoms with Crippen LogP contribution in [0.5, 0.6) is 5.75 Å². The van der Waals surface area contributed by atoms with Crippen LogP contribution in [-0.2, 0) is 0 Å². The van der Waals surface area contributed by atoms with Crippen LogP contribution in [0.2, 0.25) is 5.02 Å². The third-order valence-electron chi connectivity index (χ3n) is 2.86. The number of nitrogens with two attached hydrogens (primary N) is 1. The number of nitrogens with one attached hydrogen (secondary N) is 1. The number of rotatable bonds is 4. The molecule has 21 heavy (non-hydrogen) atoms. The van der Waals surface area contributed by atoms with Gasteiger partial charge in [-0.1, -0.05) is 11.6 Å². The number of anilines is 1. The Morgan fingerprint density at radius 1 is 1.38 bits per heavy atom. The number of hydrazine groups is 1. The first-order chi connectivity index (χ1) is 9.85. The van der Waals surface area contributed by atoms with Gasteiger partial charge in [-0.05, 0) is 25.1 Å². The second-order valence-corrected chi connectivity index (χ2v) is 4.87. The number of alkyl halides is 3. The summed E-state index contributed by atoms with van der Waals surface area (Å²) in [5.74, 6) is 0.402. The molecule has 0 radical (unpaired) electrons. The smallest absolute Gasteiger partial charge is 0.432 e. The van der Waals surface area contributed by atoms with E-state index in [1.54, 1.807) is 13.0 Å². The summed E-state index contributed by atoms with van der Waals surface area (Å²) in [4.78, 5) is 0. The van der Waals surface area contributed by atoms with E-state index in [4.69, 9.17) is 22.1 Å². The van der Waals surface area contributed by atoms with E-state index in [-0.39, 0.29) is 17.3 Å². The number of benzene rings is 1. The van der Waals surface area contributed by atoms with Gasteiger partial charge >= 0.3 is 6.18 Å². The summed E-state index contributed by atoms with van der Waals surface area (Å²) >= 11 is 5.94. The average Bonchev–Trinajstić information content (AvgIpc) is 2.82. The van der Waals surface area contributed by atoms with Gasteiger partial charge in [0, 0.05) is 17.6 Å². The van der Waals surface area contributed by atoms with Crippen molar-refractivity contribution in [3.63, 3.8) is 0 Å². The Labute approximate surface area is 125 Å². The van der Waals surface area contributed by atoms with Crippen LogP contribution in [0.4, 0.5) is 18.9 Å². The van der Waals surface area contributed by atoms with Gasteiger partial charge in [0.05, 0.1) is 18.3 Å². The number of nitrogens with zero attached hydrogens (tertiary/aromatic N) is 1. The molecule has 2 rings (SSSR count). The molecule has 4 nitrogen and oxygen atoms in total. The summed E-state index contributed by atoms with van der Waals surface area (Å²) in [6.07, 6.45) is -3.44. The van der Waals surface area contributed by atoms with Crippen molar-refractivity contribution in [1.29, 1.82) is 0 Å². The molecule has 1 heterocycles. The zero-order chi connectivity index (χ0) is 15.6. The van der Waals surface area contributed by atoms with E-state index in [1.807, 2.05) is 0 Å². The first kappa shape index (κ1) is 15.9. The van der Waals surface area contributed by atoms with Gasteiger partial charge < -0.3 is 10.5 Å². The lowest BCUT2D eigenvalue weighted by atomic mass is 10.2. The highest BCUT2D eigenvalue weighted by Crippen LogP contribution is 2.36. The predicted octanol–water partition coefficient (Wildman–Crippen LogP) is 2.84. The monoisotopic (exact) mass is 321 g/mol. The molecule has 0 aromatic heterocycles. The van der Waals surface area contributed by atoms with Crippen LogP contribution in [0.1, 0.15) is 6.92 Å². The first-order valence-corrected chi connectivity index (χ1v) is 6.71. The van der Waals surface area contributed by atoms with E-state index in [2.05, 4.69) is 5.43 Å². The molecule has 1 aromatic rings. The minimum atomic E-state index is -4.50. The summed E-state index contributed by atoms with van der Waals surface area (Å²) in [7, 11) is 0. The van der Waals surface area contributed by atoms with Gasteiger partial charge in [0.25, 0.3) is 0 Å². The van der Waals surface area contributed by atoms with Gasteiger partial charge in [0.1, 0.15) is 11.4 Å². The van der Waals surface area contributed by atoms with Crippen molar-refractivity contribution < 1.29 is 17.9 Å². The molecule has 1 unspecified atom stereocenters. The van der Waals surface area contributed by atoms with Gasteiger partial charge in [-0.3, -0.25) is 5.01 Å². The quantitative estimate of drug-likeness (QED) is 0.895. The third-order valence-corrected chi connectivity index (χ3v) is 3.08. The van der Waals surface area contributed by atoms with Gasteiger partial charge in [0.2, 0.25) is 0 Å². The molecule has 8 heteroatoms. The average molecular weight is 322 g/mol. The second kappa shape index (κ2) is 6.13. The van der Waals surface area contributed by atoms with Crippen molar-refractivity contribution in [3.8, 4) is 5.75 Å². The molecule has 1 atom stereocenters. The number of hydrogen-bond acceptors (Lipinski definition) is 4. The molecule has 0 bridgehead atoms. The van der Waals surface area contributed by atoms with Crippen LogP contribution in [0.25, 0.3) is 0 Å². The summed E-state index contributed by atoms with van der Waals surface area (Å²) in [6, 6.07) is 3.87. The van der Waals surface area contributed by atoms with E-state index in [9.17, 15) is 13.2 Å². The van der Waals surface area contributed by atoms with Crippen LogP contribution < -0.4 is 20.9 Å². The largest absolute Gasteiger partial charge is 0.494 e. The Morgan fingerprint density at radius 3 is 2.67 bits per heavy atom. The molecule has 0 saturated heterocycles. The lowest BCUT2D eigenvalue weighted by molar-refractivity contribution is -0.0931. The van der Waals surface area contributed by atoms with Crippen molar-refractivity contribution >= 4 is 17.3 Å². The molecule has 1 aromatic carbocycles. The van der Waals surface area contributed by atoms with Crippen molar-refractivity contribution in [2.75, 3.05) is 18.2 Å². The molecule has 0 saturated carbocycles. The van der Waals surface area contributed by atoms with Crippen molar-refractivity contribution in [1.82, 2.24) is 5.43 Å². The van der Waals surface area contributed by atoms with Crippen LogP contribution in [0.15, 0.2) is 30.0 Å². The Bertz CT molecular complexity index is 548. The lowest BCUT2D eigenvalue weighted by Crippen LogP contribution is -2.42. The van der Waals surface area contributed by atoms with Gasteiger partial charge in [-0.25, -0.2) is 5.43 Å². The summed E-state index contributed by atoms with van der Waals surface area (Å²) in [5.41, 5.74) is 7.55. The molecule has 0 amide bonds. The van der Waals surface area contributed by atoms with E-state index in [0.29, 0.717) is 12.4 Å². The molecule has 116 valence electrons. The zero-order valence-corrected chi connectivity index (χ0v) is 12.0. The molecular formula is C13H15ClF3N3O. The van der Waals surface area contributed by atoms with Crippen molar-refractivity contribution in [2.45, 2.75) is 19.1 Å². The normalized spacial score (nSPS) is 18.9.